The Balaban J connectivity index is 1.38. The average molecular weight is 891 g/mol. The van der Waals surface area contributed by atoms with Gasteiger partial charge in [-0.25, -0.2) is 9.59 Å². The highest BCUT2D eigenvalue weighted by molar-refractivity contribution is 5.99. The number of Topliss-reactive ketones (excluding diaryl/α,β-unsaturated/α-hetero) is 1. The Morgan fingerprint density at radius 2 is 1.56 bits per heavy atom. The summed E-state index contributed by atoms with van der Waals surface area (Å²) in [5.74, 6) is -10.5. The van der Waals surface area contributed by atoms with Crippen molar-refractivity contribution in [2.75, 3.05) is 19.8 Å². The van der Waals surface area contributed by atoms with Crippen molar-refractivity contribution >= 4 is 29.7 Å². The van der Waals surface area contributed by atoms with E-state index in [9.17, 15) is 64.8 Å². The van der Waals surface area contributed by atoms with Gasteiger partial charge < -0.3 is 83.5 Å². The Kier molecular flexibility index (Phi) is 14.3. The number of ketones is 1. The third-order valence-electron chi connectivity index (χ3n) is 10.9. The molecule has 0 saturated carbocycles. The lowest BCUT2D eigenvalue weighted by Crippen LogP contribution is -2.61. The quantitative estimate of drug-likeness (QED) is 0.0384. The minimum absolute atomic E-state index is 0.123. The lowest BCUT2D eigenvalue weighted by molar-refractivity contribution is -0.337. The Labute approximate surface area is 357 Å². The van der Waals surface area contributed by atoms with Crippen LogP contribution in [-0.2, 0) is 52.3 Å². The Morgan fingerprint density at radius 1 is 0.857 bits per heavy atom. The Bertz CT molecular complexity index is 2100. The number of phenolic OH excluding ortho intramolecular Hbond substituents is 3. The third kappa shape index (κ3) is 9.57. The number of aromatic hydroxyl groups is 3. The molecule has 2 aromatic carbocycles. The first-order chi connectivity index (χ1) is 29.9. The van der Waals surface area contributed by atoms with Gasteiger partial charge in [-0.2, -0.15) is 0 Å². The van der Waals surface area contributed by atoms with Crippen molar-refractivity contribution in [2.45, 2.75) is 93.9 Å². The van der Waals surface area contributed by atoms with Crippen molar-refractivity contribution in [3.05, 3.63) is 72.0 Å². The van der Waals surface area contributed by atoms with Crippen LogP contribution in [0.5, 0.6) is 23.0 Å². The summed E-state index contributed by atoms with van der Waals surface area (Å²) in [5.41, 5.74) is -3.21. The lowest BCUT2D eigenvalue weighted by atomic mass is 9.76. The van der Waals surface area contributed by atoms with E-state index < -0.39 is 162 Å². The molecular weight excluding hydrogens is 844 g/mol. The number of aliphatic hydroxyl groups excluding tert-OH is 4. The molecule has 0 radical (unpaired) electrons. The van der Waals surface area contributed by atoms with Crippen molar-refractivity contribution in [3.63, 3.8) is 0 Å². The van der Waals surface area contributed by atoms with E-state index in [2.05, 4.69) is 6.58 Å². The number of hydrogen-bond donors (Lipinski definition) is 8. The molecular formula is C41H46O22. The number of carbonyl (C=O) groups is 5. The molecule has 0 aromatic heterocycles. The van der Waals surface area contributed by atoms with Gasteiger partial charge in [-0.15, -0.1) is 6.58 Å². The van der Waals surface area contributed by atoms with Gasteiger partial charge >= 0.3 is 23.9 Å². The van der Waals surface area contributed by atoms with E-state index in [4.69, 9.17) is 42.6 Å². The SMILES string of the molecule is C=C[C@H]1[C@H](O[C@@H]2O[C@H](COC(C)=O)[C@@H](CC(=O)c3cccc(O[C@H]4O[C@H](CO)[C@@H](O)[C@H](O)[C@H]4O)c3O)[C@H](OC(C)=O)[C@H]2OC(=O)c2cccc(O)c2O)OC=C2C(=O)OCC[C@]21O. The fourth-order valence-electron chi connectivity index (χ4n) is 7.67. The second kappa shape index (κ2) is 19.3. The normalized spacial score (nSPS) is 32.7. The molecule has 342 valence electrons. The van der Waals surface area contributed by atoms with Crippen molar-refractivity contribution in [1.29, 1.82) is 0 Å². The molecule has 8 N–H and O–H groups in total. The third-order valence-corrected chi connectivity index (χ3v) is 10.9. The highest BCUT2D eigenvalue weighted by atomic mass is 16.8. The molecule has 3 saturated heterocycles. The van der Waals surface area contributed by atoms with Crippen LogP contribution in [0.4, 0.5) is 0 Å². The number of para-hydroxylation sites is 2. The van der Waals surface area contributed by atoms with Gasteiger partial charge in [-0.1, -0.05) is 18.2 Å². The molecule has 4 heterocycles. The van der Waals surface area contributed by atoms with Crippen LogP contribution in [0.25, 0.3) is 0 Å². The molecule has 4 aliphatic rings. The van der Waals surface area contributed by atoms with Crippen LogP contribution in [0.3, 0.4) is 0 Å². The fourth-order valence-corrected chi connectivity index (χ4v) is 7.67. The maximum absolute atomic E-state index is 14.3. The van der Waals surface area contributed by atoms with Crippen LogP contribution in [-0.4, -0.2) is 158 Å². The summed E-state index contributed by atoms with van der Waals surface area (Å²) in [6, 6.07) is 6.98. The van der Waals surface area contributed by atoms with Crippen molar-refractivity contribution in [1.82, 2.24) is 0 Å². The smallest absolute Gasteiger partial charge is 0.342 e. The first kappa shape index (κ1) is 46.6. The monoisotopic (exact) mass is 890 g/mol. The number of ether oxygens (including phenoxy) is 9. The molecule has 13 atom stereocenters. The van der Waals surface area contributed by atoms with Crippen LogP contribution >= 0.6 is 0 Å². The zero-order valence-electron chi connectivity index (χ0n) is 33.6. The molecule has 6 rings (SSSR count). The van der Waals surface area contributed by atoms with Gasteiger partial charge in [0, 0.05) is 32.6 Å². The van der Waals surface area contributed by atoms with Crippen LogP contribution in [0.15, 0.2) is 60.9 Å². The minimum Gasteiger partial charge on any atom is -0.504 e. The number of rotatable bonds is 14. The molecule has 0 spiro atoms. The highest BCUT2D eigenvalue weighted by Crippen LogP contribution is 2.44. The van der Waals surface area contributed by atoms with E-state index in [-0.39, 0.29) is 18.6 Å². The zero-order chi connectivity index (χ0) is 45.9. The summed E-state index contributed by atoms with van der Waals surface area (Å²) in [6.07, 6.45) is -16.0. The van der Waals surface area contributed by atoms with Crippen molar-refractivity contribution < 1.29 is 107 Å². The molecule has 0 bridgehead atoms. The Hall–Kier alpha value is -5.85. The number of benzene rings is 2. The van der Waals surface area contributed by atoms with E-state index in [1.165, 1.54) is 30.3 Å². The van der Waals surface area contributed by atoms with E-state index in [0.717, 1.165) is 32.2 Å². The summed E-state index contributed by atoms with van der Waals surface area (Å²) in [4.78, 5) is 65.6. The number of cyclic esters (lactones) is 1. The summed E-state index contributed by atoms with van der Waals surface area (Å²) >= 11 is 0. The van der Waals surface area contributed by atoms with Gasteiger partial charge in [0.25, 0.3) is 0 Å². The van der Waals surface area contributed by atoms with Gasteiger partial charge in [0.05, 0.1) is 31.0 Å². The summed E-state index contributed by atoms with van der Waals surface area (Å²) < 4.78 is 50.9. The Morgan fingerprint density at radius 3 is 2.24 bits per heavy atom. The number of esters is 4. The molecule has 63 heavy (non-hydrogen) atoms. The second-order valence-electron chi connectivity index (χ2n) is 15.0. The van der Waals surface area contributed by atoms with E-state index in [1.54, 1.807) is 0 Å². The maximum Gasteiger partial charge on any atom is 0.342 e. The zero-order valence-corrected chi connectivity index (χ0v) is 33.6. The molecule has 0 aliphatic carbocycles. The predicted octanol–water partition coefficient (Wildman–Crippen LogP) is -0.647. The highest BCUT2D eigenvalue weighted by Gasteiger charge is 2.57. The predicted molar refractivity (Wildman–Crippen MR) is 203 cm³/mol. The van der Waals surface area contributed by atoms with Crippen molar-refractivity contribution in [2.24, 2.45) is 11.8 Å². The second-order valence-corrected chi connectivity index (χ2v) is 15.0. The summed E-state index contributed by atoms with van der Waals surface area (Å²) in [6.45, 7) is 4.17. The fraction of sp³-hybridized carbons (Fsp3) is 0.488. The lowest BCUT2D eigenvalue weighted by Gasteiger charge is -2.48. The average Bonchev–Trinajstić information content (AvgIpc) is 3.23. The van der Waals surface area contributed by atoms with Gasteiger partial charge in [-0.3, -0.25) is 14.4 Å². The van der Waals surface area contributed by atoms with Crippen LogP contribution in [0.1, 0.15) is 47.4 Å². The first-order valence-corrected chi connectivity index (χ1v) is 19.4. The van der Waals surface area contributed by atoms with Gasteiger partial charge in [-0.05, 0) is 24.3 Å². The van der Waals surface area contributed by atoms with Crippen LogP contribution < -0.4 is 4.74 Å². The molecule has 0 unspecified atom stereocenters. The molecule has 2 aromatic rings. The molecule has 22 heteroatoms. The van der Waals surface area contributed by atoms with E-state index in [0.29, 0.717) is 0 Å². The van der Waals surface area contributed by atoms with E-state index >= 15 is 0 Å². The number of hydrogen-bond acceptors (Lipinski definition) is 22. The first-order valence-electron chi connectivity index (χ1n) is 19.4. The topological polar surface area (TPSA) is 330 Å². The van der Waals surface area contributed by atoms with Gasteiger partial charge in [0.2, 0.25) is 18.9 Å². The summed E-state index contributed by atoms with van der Waals surface area (Å²) in [7, 11) is 0. The van der Waals surface area contributed by atoms with Gasteiger partial charge in [0.1, 0.15) is 60.0 Å². The maximum atomic E-state index is 14.3. The standard InChI is InChI=1S/C41H46O22/c1-4-22-38(57-15-23-37(53)55-12-11-41(22,23)54)63-40-35(62-36(52)20-8-5-9-24(45)29(20)47)34(58-18(3)44)21(28(61-40)16-56-17(2)43)13-25(46)19-7-6-10-26(30(19)48)59-39-33(51)32(50)31(49)27(14-42)60-39/h4-10,15,21-22,27-28,31-35,38-40,42,45,47-51,54H,1,11-14,16H2,2-3H3/t21-,22+,27-,28-,31-,32+,33-,34+,35-,38+,39+,40+,41-/m1/s1. The summed E-state index contributed by atoms with van der Waals surface area (Å²) in [5, 5.41) is 84.2. The molecule has 0 amide bonds. The van der Waals surface area contributed by atoms with E-state index in [1.807, 2.05) is 0 Å². The number of phenols is 3. The minimum atomic E-state index is -1.95. The number of carbonyl (C=O) groups excluding carboxylic acids is 5. The largest absolute Gasteiger partial charge is 0.504 e. The number of fused-ring (bicyclic) bond motifs is 1. The molecule has 22 nitrogen and oxygen atoms in total. The van der Waals surface area contributed by atoms with Crippen LogP contribution in [0.2, 0.25) is 0 Å². The van der Waals surface area contributed by atoms with Crippen LogP contribution in [0, 0.1) is 11.8 Å². The van der Waals surface area contributed by atoms with Crippen molar-refractivity contribution in [3.8, 4) is 23.0 Å². The number of aliphatic hydroxyl groups is 5. The van der Waals surface area contributed by atoms with Gasteiger partial charge in [0.15, 0.2) is 34.9 Å². The molecule has 3 fully saturated rings. The molecule has 4 aliphatic heterocycles.